The maximum absolute atomic E-state index is 8.94. The van der Waals surface area contributed by atoms with Gasteiger partial charge in [0.25, 0.3) is 0 Å². The first-order valence-corrected chi connectivity index (χ1v) is 5.43. The maximum Gasteiger partial charge on any atom is 0.128 e. The Labute approximate surface area is 97.0 Å². The summed E-state index contributed by atoms with van der Waals surface area (Å²) >= 11 is 1.29. The molecule has 0 atom stereocenters. The van der Waals surface area contributed by atoms with Crippen LogP contribution in [0.4, 0.5) is 5.00 Å². The van der Waals surface area contributed by atoms with Crippen LogP contribution in [0, 0.1) is 18.3 Å². The van der Waals surface area contributed by atoms with Crippen molar-refractivity contribution in [3.63, 3.8) is 0 Å². The van der Waals surface area contributed by atoms with Crippen molar-refractivity contribution in [2.45, 2.75) is 13.5 Å². The van der Waals surface area contributed by atoms with Gasteiger partial charge in [-0.2, -0.15) is 9.64 Å². The van der Waals surface area contributed by atoms with Crippen molar-refractivity contribution in [1.29, 1.82) is 5.26 Å². The van der Waals surface area contributed by atoms with E-state index in [2.05, 4.69) is 25.7 Å². The van der Waals surface area contributed by atoms with Crippen molar-refractivity contribution in [1.82, 2.24) is 14.3 Å². The standard InChI is InChI=1S/C10H9N5S/c1-7-9(4-11)10(16-15-7)13-5-8-2-3-12-6-14-8/h2-3,6,13H,5H2,1H3. The van der Waals surface area contributed by atoms with E-state index in [0.717, 1.165) is 16.4 Å². The molecule has 0 radical (unpaired) electrons. The highest BCUT2D eigenvalue weighted by molar-refractivity contribution is 7.10. The smallest absolute Gasteiger partial charge is 0.128 e. The molecule has 16 heavy (non-hydrogen) atoms. The van der Waals surface area contributed by atoms with Crippen LogP contribution in [0.5, 0.6) is 0 Å². The van der Waals surface area contributed by atoms with Gasteiger partial charge in [0, 0.05) is 6.20 Å². The molecule has 0 aliphatic rings. The van der Waals surface area contributed by atoms with E-state index in [-0.39, 0.29) is 0 Å². The fraction of sp³-hybridized carbons (Fsp3) is 0.200. The Bertz CT molecular complexity index is 514. The Morgan fingerprint density at radius 1 is 1.56 bits per heavy atom. The number of aromatic nitrogens is 3. The molecule has 0 saturated heterocycles. The van der Waals surface area contributed by atoms with Gasteiger partial charge in [0.05, 0.1) is 17.9 Å². The van der Waals surface area contributed by atoms with E-state index >= 15 is 0 Å². The number of hydrogen-bond acceptors (Lipinski definition) is 6. The lowest BCUT2D eigenvalue weighted by molar-refractivity contribution is 1.01. The second-order valence-corrected chi connectivity index (χ2v) is 3.91. The summed E-state index contributed by atoms with van der Waals surface area (Å²) in [4.78, 5) is 7.92. The third-order valence-electron chi connectivity index (χ3n) is 2.05. The first-order chi connectivity index (χ1) is 7.81. The highest BCUT2D eigenvalue weighted by Gasteiger charge is 2.09. The molecule has 0 saturated carbocycles. The second kappa shape index (κ2) is 4.68. The van der Waals surface area contributed by atoms with Crippen molar-refractivity contribution >= 4 is 16.5 Å². The number of hydrogen-bond donors (Lipinski definition) is 1. The average Bonchev–Trinajstić information content (AvgIpc) is 2.68. The SMILES string of the molecule is Cc1nsc(NCc2ccncn2)c1C#N. The molecule has 0 aliphatic carbocycles. The predicted molar refractivity (Wildman–Crippen MR) is 60.9 cm³/mol. The fourth-order valence-corrected chi connectivity index (χ4v) is 1.96. The summed E-state index contributed by atoms with van der Waals surface area (Å²) in [6.45, 7) is 2.39. The minimum atomic E-state index is 0.568. The number of nitriles is 1. The van der Waals surface area contributed by atoms with Crippen LogP contribution in [0.25, 0.3) is 0 Å². The van der Waals surface area contributed by atoms with Crippen molar-refractivity contribution in [3.8, 4) is 6.07 Å². The van der Waals surface area contributed by atoms with Gasteiger partial charge in [0.2, 0.25) is 0 Å². The van der Waals surface area contributed by atoms with Gasteiger partial charge in [-0.3, -0.25) is 0 Å². The summed E-state index contributed by atoms with van der Waals surface area (Å²) < 4.78 is 4.12. The first kappa shape index (κ1) is 10.5. The van der Waals surface area contributed by atoms with Crippen LogP contribution in [-0.2, 0) is 6.54 Å². The normalized spacial score (nSPS) is 9.75. The van der Waals surface area contributed by atoms with Crippen LogP contribution in [0.1, 0.15) is 17.0 Å². The van der Waals surface area contributed by atoms with E-state index in [9.17, 15) is 0 Å². The van der Waals surface area contributed by atoms with E-state index in [1.165, 1.54) is 17.9 Å². The third kappa shape index (κ3) is 2.15. The summed E-state index contributed by atoms with van der Waals surface area (Å²) in [6, 6.07) is 3.96. The van der Waals surface area contributed by atoms with Gasteiger partial charge < -0.3 is 5.32 Å². The van der Waals surface area contributed by atoms with Crippen LogP contribution >= 0.6 is 11.5 Å². The van der Waals surface area contributed by atoms with Crippen LogP contribution in [0.2, 0.25) is 0 Å². The van der Waals surface area contributed by atoms with Gasteiger partial charge in [-0.15, -0.1) is 0 Å². The van der Waals surface area contributed by atoms with E-state index < -0.39 is 0 Å². The van der Waals surface area contributed by atoms with Crippen LogP contribution in [0.3, 0.4) is 0 Å². The molecule has 0 bridgehead atoms. The summed E-state index contributed by atoms with van der Waals surface area (Å²) in [5.41, 5.74) is 2.25. The summed E-state index contributed by atoms with van der Waals surface area (Å²) in [7, 11) is 0. The largest absolute Gasteiger partial charge is 0.369 e. The number of nitrogens with zero attached hydrogens (tertiary/aromatic N) is 4. The number of anilines is 1. The Kier molecular flexibility index (Phi) is 3.08. The van der Waals surface area contributed by atoms with E-state index in [1.54, 1.807) is 6.20 Å². The van der Waals surface area contributed by atoms with Gasteiger partial charge in [0.1, 0.15) is 23.0 Å². The molecule has 2 aromatic rings. The molecular formula is C10H9N5S. The average molecular weight is 231 g/mol. The van der Waals surface area contributed by atoms with Crippen molar-refractivity contribution < 1.29 is 0 Å². The second-order valence-electron chi connectivity index (χ2n) is 3.14. The summed E-state index contributed by atoms with van der Waals surface area (Å²) in [5, 5.41) is 12.9. The van der Waals surface area contributed by atoms with Crippen molar-refractivity contribution in [2.24, 2.45) is 0 Å². The maximum atomic E-state index is 8.94. The van der Waals surface area contributed by atoms with Crippen molar-refractivity contribution in [2.75, 3.05) is 5.32 Å². The lowest BCUT2D eigenvalue weighted by Gasteiger charge is -2.02. The zero-order valence-electron chi connectivity index (χ0n) is 8.64. The Balaban J connectivity index is 2.09. The molecule has 1 N–H and O–H groups in total. The quantitative estimate of drug-likeness (QED) is 0.870. The van der Waals surface area contributed by atoms with E-state index in [4.69, 9.17) is 5.26 Å². The highest BCUT2D eigenvalue weighted by Crippen LogP contribution is 2.23. The molecule has 0 aliphatic heterocycles. The minimum Gasteiger partial charge on any atom is -0.369 e. The Morgan fingerprint density at radius 2 is 2.44 bits per heavy atom. The lowest BCUT2D eigenvalue weighted by Crippen LogP contribution is -2.01. The van der Waals surface area contributed by atoms with Crippen LogP contribution < -0.4 is 5.32 Å². The monoisotopic (exact) mass is 231 g/mol. The molecule has 2 rings (SSSR count). The van der Waals surface area contributed by atoms with E-state index in [0.29, 0.717) is 12.1 Å². The van der Waals surface area contributed by atoms with Crippen LogP contribution in [0.15, 0.2) is 18.6 Å². The van der Waals surface area contributed by atoms with Gasteiger partial charge in [-0.25, -0.2) is 9.97 Å². The molecule has 6 heteroatoms. The lowest BCUT2D eigenvalue weighted by atomic mass is 10.3. The number of nitrogens with one attached hydrogen (secondary N) is 1. The van der Waals surface area contributed by atoms with Gasteiger partial charge >= 0.3 is 0 Å². The Morgan fingerprint density at radius 3 is 3.12 bits per heavy atom. The van der Waals surface area contributed by atoms with E-state index in [1.807, 2.05) is 13.0 Å². The molecule has 0 aromatic carbocycles. The van der Waals surface area contributed by atoms with Gasteiger partial charge in [-0.1, -0.05) is 0 Å². The molecule has 2 aromatic heterocycles. The molecule has 0 spiro atoms. The topological polar surface area (TPSA) is 74.5 Å². The highest BCUT2D eigenvalue weighted by atomic mass is 32.1. The summed E-state index contributed by atoms with van der Waals surface area (Å²) in [6.07, 6.45) is 3.19. The van der Waals surface area contributed by atoms with Crippen LogP contribution in [-0.4, -0.2) is 14.3 Å². The first-order valence-electron chi connectivity index (χ1n) is 4.66. The number of aryl methyl sites for hydroxylation is 1. The molecule has 5 nitrogen and oxygen atoms in total. The molecule has 0 fully saturated rings. The zero-order chi connectivity index (χ0) is 11.4. The number of rotatable bonds is 3. The molecule has 2 heterocycles. The third-order valence-corrected chi connectivity index (χ3v) is 2.94. The fourth-order valence-electron chi connectivity index (χ4n) is 1.22. The predicted octanol–water partition coefficient (Wildman–Crippen LogP) is 1.73. The van der Waals surface area contributed by atoms with Gasteiger partial charge in [-0.05, 0) is 24.5 Å². The molecule has 0 amide bonds. The molecular weight excluding hydrogens is 222 g/mol. The van der Waals surface area contributed by atoms with Gasteiger partial charge in [0.15, 0.2) is 0 Å². The van der Waals surface area contributed by atoms with Crippen molar-refractivity contribution in [3.05, 3.63) is 35.5 Å². The Hall–Kier alpha value is -2.00. The summed E-state index contributed by atoms with van der Waals surface area (Å²) in [5.74, 6) is 0. The molecule has 80 valence electrons. The molecule has 0 unspecified atom stereocenters. The minimum absolute atomic E-state index is 0.568. The zero-order valence-corrected chi connectivity index (χ0v) is 9.45.